The Kier molecular flexibility index (Phi) is 7.42. The van der Waals surface area contributed by atoms with Gasteiger partial charge in [0.25, 0.3) is 0 Å². The molecule has 0 aromatic heterocycles. The maximum atomic E-state index is 6.17. The van der Waals surface area contributed by atoms with E-state index in [4.69, 9.17) is 28.9 Å². The number of nitrogens with two attached hydrogens (primary N) is 1. The van der Waals surface area contributed by atoms with Gasteiger partial charge in [0.2, 0.25) is 0 Å². The van der Waals surface area contributed by atoms with Crippen LogP contribution in [0.4, 0.5) is 0 Å². The van der Waals surface area contributed by atoms with Gasteiger partial charge in [-0.05, 0) is 37.9 Å². The van der Waals surface area contributed by atoms with Crippen molar-refractivity contribution in [2.75, 3.05) is 32.1 Å². The van der Waals surface area contributed by atoms with Crippen LogP contribution in [0, 0.1) is 0 Å². The van der Waals surface area contributed by atoms with Crippen molar-refractivity contribution in [3.8, 4) is 0 Å². The molecule has 0 saturated heterocycles. The fraction of sp³-hybridized carbons (Fsp3) is 0.538. The summed E-state index contributed by atoms with van der Waals surface area (Å²) in [6.45, 7) is 2.04. The molecule has 18 heavy (non-hydrogen) atoms. The van der Waals surface area contributed by atoms with Gasteiger partial charge in [-0.1, -0.05) is 35.3 Å². The molecule has 1 atom stereocenters. The molecular formula is C13H20Cl2N2S. The van der Waals surface area contributed by atoms with E-state index in [1.807, 2.05) is 23.9 Å². The van der Waals surface area contributed by atoms with E-state index < -0.39 is 0 Å². The van der Waals surface area contributed by atoms with E-state index in [0.717, 1.165) is 30.8 Å². The minimum Gasteiger partial charge on any atom is -0.324 e. The molecule has 1 rings (SSSR count). The zero-order valence-corrected chi connectivity index (χ0v) is 13.2. The topological polar surface area (TPSA) is 29.3 Å². The summed E-state index contributed by atoms with van der Waals surface area (Å²) in [4.78, 5) is 2.29. The van der Waals surface area contributed by atoms with Gasteiger partial charge in [0.15, 0.2) is 0 Å². The first-order valence-corrected chi connectivity index (χ1v) is 8.08. The summed E-state index contributed by atoms with van der Waals surface area (Å²) < 4.78 is 0. The maximum absolute atomic E-state index is 6.17. The highest BCUT2D eigenvalue weighted by atomic mass is 35.5. The molecule has 0 saturated carbocycles. The van der Waals surface area contributed by atoms with Crippen molar-refractivity contribution in [2.24, 2.45) is 5.73 Å². The van der Waals surface area contributed by atoms with Crippen LogP contribution in [0.25, 0.3) is 0 Å². The van der Waals surface area contributed by atoms with Gasteiger partial charge in [0, 0.05) is 18.3 Å². The first kappa shape index (κ1) is 16.1. The third-order valence-electron chi connectivity index (χ3n) is 2.88. The first-order chi connectivity index (χ1) is 8.56. The summed E-state index contributed by atoms with van der Waals surface area (Å²) >= 11 is 14.0. The molecule has 0 aliphatic carbocycles. The Labute approximate surface area is 124 Å². The zero-order chi connectivity index (χ0) is 13.5. The standard InChI is InChI=1S/C13H20Cl2N2S/c1-17(8-9-18-2)7-6-12(16)10-4-3-5-11(14)13(10)15/h3-5,12H,6-9,16H2,1-2H3. The van der Waals surface area contributed by atoms with E-state index in [1.165, 1.54) is 0 Å². The Morgan fingerprint density at radius 1 is 1.33 bits per heavy atom. The molecule has 102 valence electrons. The number of benzene rings is 1. The third-order valence-corrected chi connectivity index (χ3v) is 4.30. The van der Waals surface area contributed by atoms with Crippen LogP contribution in [0.2, 0.25) is 10.0 Å². The SMILES string of the molecule is CSCCN(C)CCC(N)c1cccc(Cl)c1Cl. The van der Waals surface area contributed by atoms with Crippen molar-refractivity contribution in [1.82, 2.24) is 4.90 Å². The van der Waals surface area contributed by atoms with Crippen molar-refractivity contribution in [2.45, 2.75) is 12.5 Å². The predicted molar refractivity (Wildman–Crippen MR) is 83.9 cm³/mol. The van der Waals surface area contributed by atoms with Crippen molar-refractivity contribution < 1.29 is 0 Å². The van der Waals surface area contributed by atoms with Crippen molar-refractivity contribution in [3.05, 3.63) is 33.8 Å². The molecule has 1 aromatic carbocycles. The smallest absolute Gasteiger partial charge is 0.0640 e. The second kappa shape index (κ2) is 8.28. The number of nitrogens with zero attached hydrogens (tertiary/aromatic N) is 1. The molecule has 0 radical (unpaired) electrons. The van der Waals surface area contributed by atoms with Gasteiger partial charge in [-0.2, -0.15) is 11.8 Å². The van der Waals surface area contributed by atoms with E-state index in [2.05, 4.69) is 18.2 Å². The summed E-state index contributed by atoms with van der Waals surface area (Å²) in [7, 11) is 2.11. The van der Waals surface area contributed by atoms with E-state index in [1.54, 1.807) is 6.07 Å². The van der Waals surface area contributed by atoms with Gasteiger partial charge < -0.3 is 10.6 Å². The molecule has 5 heteroatoms. The van der Waals surface area contributed by atoms with Crippen molar-refractivity contribution in [1.29, 1.82) is 0 Å². The van der Waals surface area contributed by atoms with Crippen LogP contribution in [-0.2, 0) is 0 Å². The normalized spacial score (nSPS) is 13.0. The number of thioether (sulfide) groups is 1. The lowest BCUT2D eigenvalue weighted by Crippen LogP contribution is -2.25. The van der Waals surface area contributed by atoms with Crippen LogP contribution in [0.5, 0.6) is 0 Å². The summed E-state index contributed by atoms with van der Waals surface area (Å²) in [6.07, 6.45) is 3.00. The Hall–Kier alpha value is 0.0700. The van der Waals surface area contributed by atoms with Crippen LogP contribution >= 0.6 is 35.0 Å². The number of rotatable bonds is 7. The van der Waals surface area contributed by atoms with Gasteiger partial charge >= 0.3 is 0 Å². The molecule has 0 bridgehead atoms. The second-order valence-electron chi connectivity index (χ2n) is 4.33. The quantitative estimate of drug-likeness (QED) is 0.833. The summed E-state index contributed by atoms with van der Waals surface area (Å²) in [5, 5.41) is 1.15. The number of hydrogen-bond donors (Lipinski definition) is 1. The largest absolute Gasteiger partial charge is 0.324 e. The molecule has 0 spiro atoms. The van der Waals surface area contributed by atoms with Crippen LogP contribution < -0.4 is 5.73 Å². The summed E-state index contributed by atoms with van der Waals surface area (Å²) in [5.74, 6) is 1.14. The molecular weight excluding hydrogens is 287 g/mol. The molecule has 2 N–H and O–H groups in total. The fourth-order valence-electron chi connectivity index (χ4n) is 1.68. The van der Waals surface area contributed by atoms with Crippen LogP contribution in [0.3, 0.4) is 0 Å². The highest BCUT2D eigenvalue weighted by Crippen LogP contribution is 2.30. The van der Waals surface area contributed by atoms with Gasteiger partial charge in [0.1, 0.15) is 0 Å². The number of hydrogen-bond acceptors (Lipinski definition) is 3. The third kappa shape index (κ3) is 4.98. The van der Waals surface area contributed by atoms with E-state index >= 15 is 0 Å². The summed E-state index contributed by atoms with van der Waals surface area (Å²) in [6, 6.07) is 5.56. The lowest BCUT2D eigenvalue weighted by Gasteiger charge is -2.20. The predicted octanol–water partition coefficient (Wildman–Crippen LogP) is 3.68. The van der Waals surface area contributed by atoms with Crippen LogP contribution in [0.1, 0.15) is 18.0 Å². The van der Waals surface area contributed by atoms with Gasteiger partial charge in [0.05, 0.1) is 10.0 Å². The van der Waals surface area contributed by atoms with Crippen molar-refractivity contribution in [3.63, 3.8) is 0 Å². The van der Waals surface area contributed by atoms with E-state index in [9.17, 15) is 0 Å². The van der Waals surface area contributed by atoms with Crippen molar-refractivity contribution >= 4 is 35.0 Å². The monoisotopic (exact) mass is 306 g/mol. The van der Waals surface area contributed by atoms with Crippen LogP contribution in [0.15, 0.2) is 18.2 Å². The number of halogens is 2. The van der Waals surface area contributed by atoms with Gasteiger partial charge in [-0.25, -0.2) is 0 Å². The lowest BCUT2D eigenvalue weighted by atomic mass is 10.0. The van der Waals surface area contributed by atoms with E-state index in [0.29, 0.717) is 10.0 Å². The second-order valence-corrected chi connectivity index (χ2v) is 6.11. The molecule has 1 unspecified atom stereocenters. The molecule has 2 nitrogen and oxygen atoms in total. The average molecular weight is 307 g/mol. The molecule has 0 aliphatic heterocycles. The Balaban J connectivity index is 2.50. The minimum absolute atomic E-state index is 0.0621. The minimum atomic E-state index is -0.0621. The highest BCUT2D eigenvalue weighted by molar-refractivity contribution is 7.98. The maximum Gasteiger partial charge on any atom is 0.0640 e. The first-order valence-electron chi connectivity index (χ1n) is 5.93. The Morgan fingerprint density at radius 3 is 2.72 bits per heavy atom. The molecule has 1 aromatic rings. The molecule has 0 fully saturated rings. The highest BCUT2D eigenvalue weighted by Gasteiger charge is 2.12. The summed E-state index contributed by atoms with van der Waals surface area (Å²) in [5.41, 5.74) is 7.10. The van der Waals surface area contributed by atoms with Gasteiger partial charge in [-0.3, -0.25) is 0 Å². The van der Waals surface area contributed by atoms with E-state index in [-0.39, 0.29) is 6.04 Å². The fourth-order valence-corrected chi connectivity index (χ4v) is 2.62. The zero-order valence-electron chi connectivity index (χ0n) is 10.8. The Morgan fingerprint density at radius 2 is 2.06 bits per heavy atom. The lowest BCUT2D eigenvalue weighted by molar-refractivity contribution is 0.337. The Bertz CT molecular complexity index is 374. The molecule has 0 aliphatic rings. The molecule has 0 amide bonds. The molecule has 0 heterocycles. The van der Waals surface area contributed by atoms with Gasteiger partial charge in [-0.15, -0.1) is 0 Å². The average Bonchev–Trinajstić information content (AvgIpc) is 2.36. The van der Waals surface area contributed by atoms with Crippen LogP contribution in [-0.4, -0.2) is 37.0 Å².